The molecule has 0 radical (unpaired) electrons. The van der Waals surface area contributed by atoms with Crippen LogP contribution in [0.2, 0.25) is 0 Å². The number of likely N-dealkylation sites (tertiary alicyclic amines) is 1. The van der Waals surface area contributed by atoms with Crippen LogP contribution in [0, 0.1) is 5.92 Å². The number of unbranched alkanes of at least 4 members (excludes halogenated alkanes) is 3. The molecule has 1 aromatic rings. The minimum Gasteiger partial charge on any atom is -0.481 e. The summed E-state index contributed by atoms with van der Waals surface area (Å²) in [5.41, 5.74) is 6.69. The van der Waals surface area contributed by atoms with Crippen molar-refractivity contribution >= 4 is 17.8 Å². The van der Waals surface area contributed by atoms with E-state index in [9.17, 15) is 14.4 Å². The smallest absolute Gasteiger partial charge is 0.304 e. The highest BCUT2D eigenvalue weighted by Crippen LogP contribution is 2.27. The van der Waals surface area contributed by atoms with Crippen LogP contribution in [-0.4, -0.2) is 53.5 Å². The van der Waals surface area contributed by atoms with Gasteiger partial charge < -0.3 is 21.1 Å². The zero-order valence-electron chi connectivity index (χ0n) is 17.7. The lowest BCUT2D eigenvalue weighted by Gasteiger charge is -2.25. The molecular formula is C23H35N3O4. The van der Waals surface area contributed by atoms with Crippen molar-refractivity contribution in [3.8, 4) is 0 Å². The number of aliphatic carboxylic acids is 1. The second-order valence-electron chi connectivity index (χ2n) is 8.06. The van der Waals surface area contributed by atoms with E-state index in [0.717, 1.165) is 38.5 Å². The van der Waals surface area contributed by atoms with Crippen molar-refractivity contribution in [1.29, 1.82) is 0 Å². The SMILES string of the molecule is NCCCCCCC(=O)NC[C@@H]1C[C@@H](CC(=O)O)C(=O)N1CCCc1ccccc1. The van der Waals surface area contributed by atoms with Gasteiger partial charge in [-0.05, 0) is 44.2 Å². The third-order valence-corrected chi connectivity index (χ3v) is 5.65. The Morgan fingerprint density at radius 2 is 1.83 bits per heavy atom. The molecule has 7 nitrogen and oxygen atoms in total. The van der Waals surface area contributed by atoms with E-state index >= 15 is 0 Å². The molecule has 1 fully saturated rings. The monoisotopic (exact) mass is 417 g/mol. The van der Waals surface area contributed by atoms with Crippen LogP contribution < -0.4 is 11.1 Å². The maximum atomic E-state index is 12.8. The minimum absolute atomic E-state index is 0.0129. The second kappa shape index (κ2) is 13.0. The highest BCUT2D eigenvalue weighted by molar-refractivity contribution is 5.85. The van der Waals surface area contributed by atoms with Crippen molar-refractivity contribution < 1.29 is 19.5 Å². The van der Waals surface area contributed by atoms with Crippen LogP contribution in [0.3, 0.4) is 0 Å². The van der Waals surface area contributed by atoms with Crippen molar-refractivity contribution in [2.75, 3.05) is 19.6 Å². The molecule has 0 aliphatic carbocycles. The van der Waals surface area contributed by atoms with Gasteiger partial charge in [0.2, 0.25) is 11.8 Å². The fourth-order valence-electron chi connectivity index (χ4n) is 4.04. The zero-order chi connectivity index (χ0) is 21.8. The zero-order valence-corrected chi connectivity index (χ0v) is 17.7. The van der Waals surface area contributed by atoms with E-state index in [1.54, 1.807) is 4.90 Å². The number of carbonyl (C=O) groups excluding carboxylic acids is 2. The molecule has 30 heavy (non-hydrogen) atoms. The van der Waals surface area contributed by atoms with E-state index in [2.05, 4.69) is 17.4 Å². The number of rotatable bonds is 14. The standard InChI is InChI=1S/C23H35N3O4/c24-13-7-2-1-6-12-21(27)25-17-20-15-19(16-22(28)29)23(30)26(20)14-8-11-18-9-4-3-5-10-18/h3-5,9-10,19-20H,1-2,6-8,11-17,24H2,(H,25,27)(H,28,29)/t19-,20-/m0/s1. The summed E-state index contributed by atoms with van der Waals surface area (Å²) in [4.78, 5) is 37.8. The Morgan fingerprint density at radius 3 is 2.53 bits per heavy atom. The number of carboxylic acid groups (broad SMARTS) is 1. The molecule has 2 amide bonds. The van der Waals surface area contributed by atoms with Crippen molar-refractivity contribution in [3.63, 3.8) is 0 Å². The molecule has 166 valence electrons. The summed E-state index contributed by atoms with van der Waals surface area (Å²) >= 11 is 0. The molecule has 4 N–H and O–H groups in total. The summed E-state index contributed by atoms with van der Waals surface area (Å²) in [6, 6.07) is 9.94. The number of hydrogen-bond acceptors (Lipinski definition) is 4. The van der Waals surface area contributed by atoms with Crippen LogP contribution in [0.4, 0.5) is 0 Å². The number of nitrogens with one attached hydrogen (secondary N) is 1. The predicted molar refractivity (Wildman–Crippen MR) is 116 cm³/mol. The van der Waals surface area contributed by atoms with Gasteiger partial charge in [-0.3, -0.25) is 14.4 Å². The minimum atomic E-state index is -0.959. The Hall–Kier alpha value is -2.41. The van der Waals surface area contributed by atoms with E-state index in [4.69, 9.17) is 10.8 Å². The molecule has 0 unspecified atom stereocenters. The van der Waals surface area contributed by atoms with E-state index in [1.807, 2.05) is 18.2 Å². The third kappa shape index (κ3) is 8.14. The highest BCUT2D eigenvalue weighted by atomic mass is 16.4. The Morgan fingerprint density at radius 1 is 1.10 bits per heavy atom. The number of carbonyl (C=O) groups is 3. The molecule has 1 aliphatic rings. The quantitative estimate of drug-likeness (QED) is 0.402. The first-order valence-electron chi connectivity index (χ1n) is 11.0. The van der Waals surface area contributed by atoms with Gasteiger partial charge in [-0.15, -0.1) is 0 Å². The van der Waals surface area contributed by atoms with Gasteiger partial charge in [-0.25, -0.2) is 0 Å². The molecule has 1 saturated heterocycles. The largest absolute Gasteiger partial charge is 0.481 e. The molecule has 1 aliphatic heterocycles. The molecule has 2 rings (SSSR count). The summed E-state index contributed by atoms with van der Waals surface area (Å²) in [5, 5.41) is 12.1. The fourth-order valence-corrected chi connectivity index (χ4v) is 4.04. The van der Waals surface area contributed by atoms with Crippen LogP contribution >= 0.6 is 0 Å². The second-order valence-corrected chi connectivity index (χ2v) is 8.06. The number of aryl methyl sites for hydroxylation is 1. The first kappa shape index (κ1) is 23.9. The number of amides is 2. The summed E-state index contributed by atoms with van der Waals surface area (Å²) in [7, 11) is 0. The number of hydrogen-bond donors (Lipinski definition) is 3. The maximum absolute atomic E-state index is 12.8. The molecule has 0 aromatic heterocycles. The van der Waals surface area contributed by atoms with Gasteiger partial charge in [0.1, 0.15) is 0 Å². The molecular weight excluding hydrogens is 382 g/mol. The molecule has 2 atom stereocenters. The number of nitrogens with zero attached hydrogens (tertiary/aromatic N) is 1. The Kier molecular flexibility index (Phi) is 10.3. The maximum Gasteiger partial charge on any atom is 0.304 e. The Balaban J connectivity index is 1.83. The van der Waals surface area contributed by atoms with Crippen LogP contribution in [0.15, 0.2) is 30.3 Å². The fraction of sp³-hybridized carbons (Fsp3) is 0.609. The number of carboxylic acids is 1. The van der Waals surface area contributed by atoms with E-state index in [0.29, 0.717) is 32.5 Å². The van der Waals surface area contributed by atoms with E-state index in [1.165, 1.54) is 5.56 Å². The van der Waals surface area contributed by atoms with Gasteiger partial charge in [0.05, 0.1) is 12.3 Å². The summed E-state index contributed by atoms with van der Waals surface area (Å²) in [6.45, 7) is 1.64. The highest BCUT2D eigenvalue weighted by Gasteiger charge is 2.39. The lowest BCUT2D eigenvalue weighted by molar-refractivity contribution is -0.142. The first-order valence-corrected chi connectivity index (χ1v) is 11.0. The average molecular weight is 418 g/mol. The topological polar surface area (TPSA) is 113 Å². The molecule has 0 spiro atoms. The van der Waals surface area contributed by atoms with Gasteiger partial charge in [0.15, 0.2) is 0 Å². The van der Waals surface area contributed by atoms with Gasteiger partial charge in [-0.1, -0.05) is 43.2 Å². The van der Waals surface area contributed by atoms with Gasteiger partial charge in [0.25, 0.3) is 0 Å². The Labute approximate surface area is 179 Å². The van der Waals surface area contributed by atoms with Crippen LogP contribution in [0.1, 0.15) is 56.9 Å². The van der Waals surface area contributed by atoms with Gasteiger partial charge in [-0.2, -0.15) is 0 Å². The number of nitrogens with two attached hydrogens (primary N) is 1. The lowest BCUT2D eigenvalue weighted by atomic mass is 10.0. The van der Waals surface area contributed by atoms with Crippen molar-refractivity contribution in [2.45, 2.75) is 63.8 Å². The number of benzene rings is 1. The summed E-state index contributed by atoms with van der Waals surface area (Å²) < 4.78 is 0. The summed E-state index contributed by atoms with van der Waals surface area (Å²) in [6.07, 6.45) is 6.29. The predicted octanol–water partition coefficient (Wildman–Crippen LogP) is 2.34. The molecule has 0 bridgehead atoms. The van der Waals surface area contributed by atoms with Crippen molar-refractivity contribution in [2.24, 2.45) is 11.7 Å². The summed E-state index contributed by atoms with van der Waals surface area (Å²) in [5.74, 6) is -1.58. The van der Waals surface area contributed by atoms with Crippen LogP contribution in [0.25, 0.3) is 0 Å². The molecule has 0 saturated carbocycles. The molecule has 1 heterocycles. The Bertz CT molecular complexity index is 680. The average Bonchev–Trinajstić information content (AvgIpc) is 3.01. The third-order valence-electron chi connectivity index (χ3n) is 5.65. The normalized spacial score (nSPS) is 18.6. The van der Waals surface area contributed by atoms with Crippen LogP contribution in [0.5, 0.6) is 0 Å². The molecule has 1 aromatic carbocycles. The van der Waals surface area contributed by atoms with E-state index < -0.39 is 11.9 Å². The van der Waals surface area contributed by atoms with Crippen molar-refractivity contribution in [3.05, 3.63) is 35.9 Å². The van der Waals surface area contributed by atoms with Gasteiger partial charge in [0, 0.05) is 25.6 Å². The first-order chi connectivity index (χ1) is 14.5. The van der Waals surface area contributed by atoms with Crippen LogP contribution in [-0.2, 0) is 20.8 Å². The lowest BCUT2D eigenvalue weighted by Crippen LogP contribution is -2.42. The van der Waals surface area contributed by atoms with Crippen molar-refractivity contribution in [1.82, 2.24) is 10.2 Å². The van der Waals surface area contributed by atoms with Gasteiger partial charge >= 0.3 is 5.97 Å². The molecule has 7 heteroatoms. The van der Waals surface area contributed by atoms with E-state index in [-0.39, 0.29) is 24.3 Å².